The van der Waals surface area contributed by atoms with Crippen molar-refractivity contribution in [2.24, 2.45) is 0 Å². The molecule has 1 saturated carbocycles. The Morgan fingerprint density at radius 3 is 2.62 bits per heavy atom. The first-order chi connectivity index (χ1) is 11.6. The number of rotatable bonds is 5. The van der Waals surface area contributed by atoms with Gasteiger partial charge in [-0.25, -0.2) is 8.78 Å². The number of alkyl halides is 2. The fourth-order valence-electron chi connectivity index (χ4n) is 3.46. The molecule has 0 atom stereocenters. The number of fused-ring (bicyclic) bond motifs is 1. The van der Waals surface area contributed by atoms with Crippen LogP contribution in [-0.4, -0.2) is 40.1 Å². The molecule has 4 nitrogen and oxygen atoms in total. The highest BCUT2D eigenvalue weighted by Gasteiger charge is 2.37. The summed E-state index contributed by atoms with van der Waals surface area (Å²) in [6.07, 6.45) is 0.336. The summed E-state index contributed by atoms with van der Waals surface area (Å²) in [5.74, 6) is 0.102. The Labute approximate surface area is 139 Å². The van der Waals surface area contributed by atoms with Gasteiger partial charge >= 0.3 is 0 Å². The molecular formula is C18H19F2N3O. The van der Waals surface area contributed by atoms with Gasteiger partial charge in [0.15, 0.2) is 5.69 Å². The molecule has 2 aliphatic rings. The number of halogens is 2. The average Bonchev–Trinajstić information content (AvgIpc) is 3.33. The number of hydrogen-bond donors (Lipinski definition) is 0. The van der Waals surface area contributed by atoms with Gasteiger partial charge in [-0.2, -0.15) is 5.10 Å². The SMILES string of the molecule is O=C1c2nn(Cc3ccccc3)c(C3CC3)c2CCN1CC(F)F. The van der Waals surface area contributed by atoms with Crippen molar-refractivity contribution in [2.45, 2.75) is 38.2 Å². The van der Waals surface area contributed by atoms with E-state index in [4.69, 9.17) is 0 Å². The number of hydrogen-bond acceptors (Lipinski definition) is 2. The van der Waals surface area contributed by atoms with Crippen molar-refractivity contribution in [3.05, 3.63) is 52.8 Å². The van der Waals surface area contributed by atoms with Crippen LogP contribution in [0.2, 0.25) is 0 Å². The van der Waals surface area contributed by atoms with Gasteiger partial charge in [-0.15, -0.1) is 0 Å². The molecule has 2 heterocycles. The van der Waals surface area contributed by atoms with Crippen LogP contribution in [0.4, 0.5) is 8.78 Å². The third-order valence-electron chi connectivity index (χ3n) is 4.71. The van der Waals surface area contributed by atoms with Crippen LogP contribution in [0, 0.1) is 0 Å². The molecule has 0 unspecified atom stereocenters. The number of aromatic nitrogens is 2. The number of carbonyl (C=O) groups excluding carboxylic acids is 1. The van der Waals surface area contributed by atoms with Crippen molar-refractivity contribution < 1.29 is 13.6 Å². The maximum atomic E-state index is 12.7. The quantitative estimate of drug-likeness (QED) is 0.844. The van der Waals surface area contributed by atoms with Gasteiger partial charge in [0.25, 0.3) is 12.3 Å². The molecule has 4 rings (SSSR count). The minimum absolute atomic E-state index is 0.354. The van der Waals surface area contributed by atoms with Crippen molar-refractivity contribution in [1.82, 2.24) is 14.7 Å². The molecule has 1 fully saturated rings. The number of amides is 1. The third kappa shape index (κ3) is 2.81. The van der Waals surface area contributed by atoms with Crippen LogP contribution in [0.1, 0.15) is 46.1 Å². The molecule has 1 aromatic carbocycles. The first-order valence-electron chi connectivity index (χ1n) is 8.34. The molecule has 0 radical (unpaired) electrons. The summed E-state index contributed by atoms with van der Waals surface area (Å²) in [4.78, 5) is 13.8. The van der Waals surface area contributed by atoms with Crippen molar-refractivity contribution >= 4 is 5.91 Å². The smallest absolute Gasteiger partial charge is 0.274 e. The zero-order valence-electron chi connectivity index (χ0n) is 13.3. The van der Waals surface area contributed by atoms with E-state index in [1.54, 1.807) is 0 Å². The second-order valence-corrected chi connectivity index (χ2v) is 6.52. The summed E-state index contributed by atoms with van der Waals surface area (Å²) < 4.78 is 27.2. The van der Waals surface area contributed by atoms with Gasteiger partial charge in [0, 0.05) is 23.7 Å². The van der Waals surface area contributed by atoms with Crippen LogP contribution in [0.25, 0.3) is 0 Å². The highest BCUT2D eigenvalue weighted by atomic mass is 19.3. The zero-order valence-corrected chi connectivity index (χ0v) is 13.3. The minimum atomic E-state index is -2.51. The van der Waals surface area contributed by atoms with Crippen molar-refractivity contribution in [2.75, 3.05) is 13.1 Å². The Morgan fingerprint density at radius 1 is 1.21 bits per heavy atom. The number of carbonyl (C=O) groups is 1. The second-order valence-electron chi connectivity index (χ2n) is 6.52. The topological polar surface area (TPSA) is 38.1 Å². The number of nitrogens with zero attached hydrogens (tertiary/aromatic N) is 3. The maximum Gasteiger partial charge on any atom is 0.274 e. The lowest BCUT2D eigenvalue weighted by Gasteiger charge is -2.25. The molecule has 0 saturated heterocycles. The van der Waals surface area contributed by atoms with E-state index in [9.17, 15) is 13.6 Å². The predicted molar refractivity (Wildman–Crippen MR) is 85.4 cm³/mol. The standard InChI is InChI=1S/C18H19F2N3O/c19-15(20)11-22-9-8-14-16(18(22)24)21-23(17(14)13-6-7-13)10-12-4-2-1-3-5-12/h1-5,13,15H,6-11H2. The van der Waals surface area contributed by atoms with E-state index in [1.165, 1.54) is 4.90 Å². The van der Waals surface area contributed by atoms with Crippen LogP contribution in [0.15, 0.2) is 30.3 Å². The normalized spacial score (nSPS) is 17.5. The van der Waals surface area contributed by atoms with Gasteiger partial charge in [-0.3, -0.25) is 9.48 Å². The summed E-state index contributed by atoms with van der Waals surface area (Å²) in [6.45, 7) is 0.456. The van der Waals surface area contributed by atoms with E-state index in [-0.39, 0.29) is 5.91 Å². The Hall–Kier alpha value is -2.24. The molecule has 0 spiro atoms. The molecule has 1 aliphatic carbocycles. The maximum absolute atomic E-state index is 12.7. The molecule has 0 bridgehead atoms. The summed E-state index contributed by atoms with van der Waals surface area (Å²) in [7, 11) is 0. The van der Waals surface area contributed by atoms with E-state index in [1.807, 2.05) is 35.0 Å². The van der Waals surface area contributed by atoms with E-state index in [2.05, 4.69) is 5.10 Å². The first-order valence-corrected chi connectivity index (χ1v) is 8.34. The molecule has 1 amide bonds. The van der Waals surface area contributed by atoms with Crippen molar-refractivity contribution in [3.8, 4) is 0 Å². The predicted octanol–water partition coefficient (Wildman–Crippen LogP) is 3.07. The lowest BCUT2D eigenvalue weighted by molar-refractivity contribution is 0.0532. The summed E-state index contributed by atoms with van der Waals surface area (Å²) in [5.41, 5.74) is 3.61. The zero-order chi connectivity index (χ0) is 16.7. The van der Waals surface area contributed by atoms with Crippen LogP contribution in [0.3, 0.4) is 0 Å². The Kier molecular flexibility index (Phi) is 3.82. The summed E-state index contributed by atoms with van der Waals surface area (Å²) in [5, 5.41) is 4.53. The van der Waals surface area contributed by atoms with Crippen molar-refractivity contribution in [3.63, 3.8) is 0 Å². The largest absolute Gasteiger partial charge is 0.331 e. The average molecular weight is 331 g/mol. The van der Waals surface area contributed by atoms with Crippen LogP contribution in [-0.2, 0) is 13.0 Å². The molecule has 126 valence electrons. The van der Waals surface area contributed by atoms with E-state index >= 15 is 0 Å². The van der Waals surface area contributed by atoms with Gasteiger partial charge in [-0.05, 0) is 24.8 Å². The highest BCUT2D eigenvalue weighted by molar-refractivity contribution is 5.95. The summed E-state index contributed by atoms with van der Waals surface area (Å²) >= 11 is 0. The van der Waals surface area contributed by atoms with Crippen molar-refractivity contribution in [1.29, 1.82) is 0 Å². The Balaban J connectivity index is 1.68. The fraction of sp³-hybridized carbons (Fsp3) is 0.444. The second kappa shape index (κ2) is 6.00. The third-order valence-corrected chi connectivity index (χ3v) is 4.71. The molecule has 6 heteroatoms. The lowest BCUT2D eigenvalue weighted by Crippen LogP contribution is -2.40. The van der Waals surface area contributed by atoms with Crippen LogP contribution < -0.4 is 0 Å². The van der Waals surface area contributed by atoms with Gasteiger partial charge in [0.1, 0.15) is 0 Å². The Bertz CT molecular complexity index is 753. The van der Waals surface area contributed by atoms with Gasteiger partial charge in [0.2, 0.25) is 0 Å². The van der Waals surface area contributed by atoms with E-state index in [0.29, 0.717) is 31.1 Å². The highest BCUT2D eigenvalue weighted by Crippen LogP contribution is 2.43. The van der Waals surface area contributed by atoms with E-state index in [0.717, 1.165) is 29.7 Å². The molecule has 2 aromatic rings. The first kappa shape index (κ1) is 15.3. The molecule has 1 aliphatic heterocycles. The molecule has 1 aromatic heterocycles. The van der Waals surface area contributed by atoms with Gasteiger partial charge < -0.3 is 4.90 Å². The fourth-order valence-corrected chi connectivity index (χ4v) is 3.46. The van der Waals surface area contributed by atoms with Gasteiger partial charge in [0.05, 0.1) is 13.1 Å². The number of benzene rings is 1. The monoisotopic (exact) mass is 331 g/mol. The Morgan fingerprint density at radius 2 is 1.96 bits per heavy atom. The van der Waals surface area contributed by atoms with E-state index < -0.39 is 13.0 Å². The van der Waals surface area contributed by atoms with Crippen LogP contribution in [0.5, 0.6) is 0 Å². The molecule has 0 N–H and O–H groups in total. The van der Waals surface area contributed by atoms with Crippen LogP contribution >= 0.6 is 0 Å². The van der Waals surface area contributed by atoms with Gasteiger partial charge in [-0.1, -0.05) is 30.3 Å². The lowest BCUT2D eigenvalue weighted by atomic mass is 10.0. The minimum Gasteiger partial charge on any atom is -0.331 e. The summed E-state index contributed by atoms with van der Waals surface area (Å²) in [6, 6.07) is 9.98. The molecular weight excluding hydrogens is 312 g/mol. The molecule has 24 heavy (non-hydrogen) atoms.